The van der Waals surface area contributed by atoms with Crippen molar-refractivity contribution >= 4 is 50.4 Å². The number of nitrogens with one attached hydrogen (secondary N) is 2. The highest BCUT2D eigenvalue weighted by Gasteiger charge is 2.20. The number of amides is 1. The third kappa shape index (κ3) is 4.75. The predicted molar refractivity (Wildman–Crippen MR) is 127 cm³/mol. The largest absolute Gasteiger partial charge is 0.467 e. The monoisotopic (exact) mass is 465 g/mol. The van der Waals surface area contributed by atoms with Crippen molar-refractivity contribution in [2.75, 3.05) is 10.6 Å². The molecule has 4 rings (SSSR count). The van der Waals surface area contributed by atoms with Gasteiger partial charge in [0, 0.05) is 23.1 Å². The molecular formula is C23H20ClN5O2S. The molecule has 0 aliphatic heterocycles. The Bertz CT molecular complexity index is 1290. The van der Waals surface area contributed by atoms with Gasteiger partial charge >= 0.3 is 0 Å². The number of carbonyl (C=O) groups is 1. The Morgan fingerprint density at radius 3 is 2.81 bits per heavy atom. The summed E-state index contributed by atoms with van der Waals surface area (Å²) in [4.78, 5) is 18.0. The highest BCUT2D eigenvalue weighted by Crippen LogP contribution is 2.37. The SMILES string of the molecule is Cc1c(CC(N)C(=O)Nc2ccc(C#N)cc2)sc2c(NCc3ccco3)cc(Cl)nc12. The molecule has 0 saturated heterocycles. The molecule has 0 spiro atoms. The van der Waals surface area contributed by atoms with Crippen LogP contribution in [-0.2, 0) is 17.8 Å². The van der Waals surface area contributed by atoms with E-state index in [1.807, 2.05) is 25.1 Å². The quantitative estimate of drug-likeness (QED) is 0.336. The molecule has 0 saturated carbocycles. The number of rotatable bonds is 7. The van der Waals surface area contributed by atoms with Crippen molar-refractivity contribution in [3.63, 3.8) is 0 Å². The van der Waals surface area contributed by atoms with Crippen molar-refractivity contribution in [2.24, 2.45) is 5.73 Å². The molecule has 9 heteroatoms. The summed E-state index contributed by atoms with van der Waals surface area (Å²) in [6.45, 7) is 2.47. The minimum absolute atomic E-state index is 0.297. The highest BCUT2D eigenvalue weighted by atomic mass is 35.5. The van der Waals surface area contributed by atoms with E-state index < -0.39 is 6.04 Å². The van der Waals surface area contributed by atoms with Crippen LogP contribution in [0.15, 0.2) is 53.1 Å². The first-order valence-corrected chi connectivity index (χ1v) is 11.1. The Balaban J connectivity index is 1.51. The summed E-state index contributed by atoms with van der Waals surface area (Å²) in [7, 11) is 0. The van der Waals surface area contributed by atoms with E-state index in [-0.39, 0.29) is 5.91 Å². The van der Waals surface area contributed by atoms with Gasteiger partial charge in [0.15, 0.2) is 0 Å². The number of fused-ring (bicyclic) bond motifs is 1. The molecule has 3 heterocycles. The van der Waals surface area contributed by atoms with Crippen molar-refractivity contribution in [1.29, 1.82) is 5.26 Å². The second-order valence-electron chi connectivity index (χ2n) is 7.24. The van der Waals surface area contributed by atoms with Gasteiger partial charge in [0.25, 0.3) is 0 Å². The smallest absolute Gasteiger partial charge is 0.241 e. The Hall–Kier alpha value is -3.38. The highest BCUT2D eigenvalue weighted by molar-refractivity contribution is 7.19. The van der Waals surface area contributed by atoms with Gasteiger partial charge in [0.05, 0.1) is 46.4 Å². The van der Waals surface area contributed by atoms with E-state index in [0.717, 1.165) is 32.1 Å². The van der Waals surface area contributed by atoms with Gasteiger partial charge in [0.2, 0.25) is 5.91 Å². The van der Waals surface area contributed by atoms with E-state index >= 15 is 0 Å². The zero-order chi connectivity index (χ0) is 22.7. The lowest BCUT2D eigenvalue weighted by Crippen LogP contribution is -2.37. The first-order chi connectivity index (χ1) is 15.4. The first-order valence-electron chi connectivity index (χ1n) is 9.86. The Kier molecular flexibility index (Phi) is 6.42. The summed E-state index contributed by atoms with van der Waals surface area (Å²) in [5.41, 5.74) is 9.92. The van der Waals surface area contributed by atoms with Crippen molar-refractivity contribution < 1.29 is 9.21 Å². The van der Waals surface area contributed by atoms with Gasteiger partial charge in [-0.2, -0.15) is 5.26 Å². The molecule has 4 aromatic rings. The zero-order valence-electron chi connectivity index (χ0n) is 17.2. The number of benzene rings is 1. The van der Waals surface area contributed by atoms with Crippen LogP contribution in [0.3, 0.4) is 0 Å². The standard InChI is InChI=1S/C23H20ClN5O2S/c1-13-19(9-17(26)23(30)28-15-6-4-14(11-25)5-7-15)32-22-18(10-20(24)29-21(13)22)27-12-16-3-2-8-31-16/h2-8,10,17H,9,12,26H2,1H3,(H,27,29)(H,28,30). The average molecular weight is 466 g/mol. The Labute approximate surface area is 193 Å². The molecule has 7 nitrogen and oxygen atoms in total. The van der Waals surface area contributed by atoms with Crippen LogP contribution in [0, 0.1) is 18.3 Å². The normalized spacial score (nSPS) is 11.8. The molecule has 0 fully saturated rings. The Morgan fingerprint density at radius 2 is 2.12 bits per heavy atom. The maximum atomic E-state index is 12.6. The van der Waals surface area contributed by atoms with Gasteiger partial charge < -0.3 is 20.8 Å². The van der Waals surface area contributed by atoms with Crippen LogP contribution >= 0.6 is 22.9 Å². The van der Waals surface area contributed by atoms with Crippen LogP contribution in [0.4, 0.5) is 11.4 Å². The fraction of sp³-hybridized carbons (Fsp3) is 0.174. The van der Waals surface area contributed by atoms with E-state index in [1.165, 1.54) is 0 Å². The molecule has 0 radical (unpaired) electrons. The number of anilines is 2. The van der Waals surface area contributed by atoms with Crippen molar-refractivity contribution in [1.82, 2.24) is 4.98 Å². The number of nitrogens with zero attached hydrogens (tertiary/aromatic N) is 2. The van der Waals surface area contributed by atoms with E-state index in [9.17, 15) is 4.79 Å². The molecule has 0 bridgehead atoms. The van der Waals surface area contributed by atoms with Crippen molar-refractivity contribution in [3.05, 3.63) is 75.6 Å². The predicted octanol–water partition coefficient (Wildman–Crippen LogP) is 4.84. The Morgan fingerprint density at radius 1 is 1.34 bits per heavy atom. The molecule has 1 atom stereocenters. The van der Waals surface area contributed by atoms with E-state index in [2.05, 4.69) is 15.6 Å². The van der Waals surface area contributed by atoms with Gasteiger partial charge in [-0.05, 0) is 48.9 Å². The number of pyridine rings is 1. The minimum Gasteiger partial charge on any atom is -0.467 e. The third-order valence-electron chi connectivity index (χ3n) is 5.00. The van der Waals surface area contributed by atoms with E-state index in [1.54, 1.807) is 47.9 Å². The van der Waals surface area contributed by atoms with Gasteiger partial charge in [-0.15, -0.1) is 11.3 Å². The first kappa shape index (κ1) is 21.8. The topological polar surface area (TPSA) is 117 Å². The second kappa shape index (κ2) is 9.40. The number of thiophene rings is 1. The molecule has 1 aromatic carbocycles. The van der Waals surface area contributed by atoms with Crippen molar-refractivity contribution in [3.8, 4) is 6.07 Å². The summed E-state index contributed by atoms with van der Waals surface area (Å²) in [6, 6.07) is 13.5. The lowest BCUT2D eigenvalue weighted by Gasteiger charge is -2.12. The second-order valence-corrected chi connectivity index (χ2v) is 8.73. The molecular weight excluding hydrogens is 446 g/mol. The van der Waals surface area contributed by atoms with Gasteiger partial charge in [-0.1, -0.05) is 11.6 Å². The number of nitriles is 1. The number of aromatic nitrogens is 1. The minimum atomic E-state index is -0.743. The molecule has 0 aliphatic rings. The number of furan rings is 1. The maximum Gasteiger partial charge on any atom is 0.241 e. The van der Waals surface area contributed by atoms with Crippen LogP contribution < -0.4 is 16.4 Å². The molecule has 32 heavy (non-hydrogen) atoms. The molecule has 0 aliphatic carbocycles. The number of hydrogen-bond acceptors (Lipinski definition) is 7. The summed E-state index contributed by atoms with van der Waals surface area (Å²) >= 11 is 7.80. The van der Waals surface area contributed by atoms with Crippen molar-refractivity contribution in [2.45, 2.75) is 25.9 Å². The summed E-state index contributed by atoms with van der Waals surface area (Å²) in [5.74, 6) is 0.509. The summed E-state index contributed by atoms with van der Waals surface area (Å²) in [5, 5.41) is 15.4. The van der Waals surface area contributed by atoms with Crippen LogP contribution in [-0.4, -0.2) is 16.9 Å². The molecule has 1 amide bonds. The summed E-state index contributed by atoms with van der Waals surface area (Å²) < 4.78 is 6.33. The van der Waals surface area contributed by atoms with E-state index in [4.69, 9.17) is 27.0 Å². The molecule has 162 valence electrons. The lowest BCUT2D eigenvalue weighted by atomic mass is 10.1. The number of aryl methyl sites for hydroxylation is 1. The fourth-order valence-electron chi connectivity index (χ4n) is 3.27. The van der Waals surface area contributed by atoms with Gasteiger partial charge in [-0.3, -0.25) is 4.79 Å². The number of nitrogens with two attached hydrogens (primary N) is 1. The van der Waals surface area contributed by atoms with Crippen LogP contribution in [0.1, 0.15) is 21.8 Å². The van der Waals surface area contributed by atoms with Crippen LogP contribution in [0.25, 0.3) is 10.2 Å². The molecule has 1 unspecified atom stereocenters. The van der Waals surface area contributed by atoms with Crippen LogP contribution in [0.5, 0.6) is 0 Å². The fourth-order valence-corrected chi connectivity index (χ4v) is 4.76. The van der Waals surface area contributed by atoms with Gasteiger partial charge in [0.1, 0.15) is 10.9 Å². The van der Waals surface area contributed by atoms with Gasteiger partial charge in [-0.25, -0.2) is 4.98 Å². The summed E-state index contributed by atoms with van der Waals surface area (Å²) in [6.07, 6.45) is 1.99. The number of halogens is 1. The lowest BCUT2D eigenvalue weighted by molar-refractivity contribution is -0.117. The molecule has 4 N–H and O–H groups in total. The maximum absolute atomic E-state index is 12.6. The third-order valence-corrected chi connectivity index (χ3v) is 6.53. The number of carbonyl (C=O) groups excluding carboxylic acids is 1. The zero-order valence-corrected chi connectivity index (χ0v) is 18.8. The van der Waals surface area contributed by atoms with E-state index in [0.29, 0.717) is 29.4 Å². The van der Waals surface area contributed by atoms with Crippen LogP contribution in [0.2, 0.25) is 5.15 Å². The molecule has 3 aromatic heterocycles. The average Bonchev–Trinajstić information content (AvgIpc) is 3.41. The number of hydrogen-bond donors (Lipinski definition) is 3.